The maximum atomic E-state index is 14.5. The molecule has 0 aromatic rings. The number of piperidine rings is 2. The van der Waals surface area contributed by atoms with Crippen LogP contribution in [0.2, 0.25) is 0 Å². The van der Waals surface area contributed by atoms with Crippen molar-refractivity contribution >= 4 is 0 Å². The minimum absolute atomic E-state index is 0.0433. The van der Waals surface area contributed by atoms with Gasteiger partial charge in [-0.25, -0.2) is 8.78 Å². The van der Waals surface area contributed by atoms with Gasteiger partial charge in [0.1, 0.15) is 0 Å². The molecule has 4 heteroatoms. The van der Waals surface area contributed by atoms with E-state index in [4.69, 9.17) is 0 Å². The van der Waals surface area contributed by atoms with Gasteiger partial charge in [0, 0.05) is 19.0 Å². The molecule has 2 rings (SSSR count). The van der Waals surface area contributed by atoms with Gasteiger partial charge < -0.3 is 4.90 Å². The summed E-state index contributed by atoms with van der Waals surface area (Å²) in [7, 11) is 0. The van der Waals surface area contributed by atoms with E-state index in [1.165, 1.54) is 12.8 Å². The van der Waals surface area contributed by atoms with Crippen molar-refractivity contribution in [3.8, 4) is 0 Å². The lowest BCUT2D eigenvalue weighted by Crippen LogP contribution is -2.53. The molecule has 22 heavy (non-hydrogen) atoms. The van der Waals surface area contributed by atoms with Crippen LogP contribution in [0.1, 0.15) is 47.0 Å². The highest BCUT2D eigenvalue weighted by atomic mass is 19.3. The first-order valence-electron chi connectivity index (χ1n) is 9.10. The standard InChI is InChI=1S/C18H34F2N2/c1-14(2)11-22-10-7-17(18(19,20)13-22)12-21-8-5-16(6-9-21)15(3)4/h14-17H,5-13H2,1-4H3. The molecular weight excluding hydrogens is 282 g/mol. The number of hydrogen-bond acceptors (Lipinski definition) is 2. The molecule has 0 amide bonds. The van der Waals surface area contributed by atoms with E-state index in [2.05, 4.69) is 32.6 Å². The van der Waals surface area contributed by atoms with Crippen LogP contribution in [-0.2, 0) is 0 Å². The minimum Gasteiger partial charge on any atom is -0.303 e. The van der Waals surface area contributed by atoms with Crippen LogP contribution in [0.15, 0.2) is 0 Å². The van der Waals surface area contributed by atoms with Crippen LogP contribution < -0.4 is 0 Å². The Morgan fingerprint density at radius 1 is 0.955 bits per heavy atom. The Bertz CT molecular complexity index is 336. The topological polar surface area (TPSA) is 6.48 Å². The molecule has 0 aliphatic carbocycles. The molecule has 0 saturated carbocycles. The van der Waals surface area contributed by atoms with Crippen LogP contribution in [0.25, 0.3) is 0 Å². The first-order valence-corrected chi connectivity index (χ1v) is 9.10. The van der Waals surface area contributed by atoms with Gasteiger partial charge in [0.2, 0.25) is 0 Å². The van der Waals surface area contributed by atoms with Crippen molar-refractivity contribution in [1.29, 1.82) is 0 Å². The molecule has 1 unspecified atom stereocenters. The number of rotatable bonds is 5. The Hall–Kier alpha value is -0.220. The highest BCUT2D eigenvalue weighted by Gasteiger charge is 2.45. The van der Waals surface area contributed by atoms with E-state index in [9.17, 15) is 8.78 Å². The van der Waals surface area contributed by atoms with Crippen LogP contribution >= 0.6 is 0 Å². The Morgan fingerprint density at radius 3 is 2.05 bits per heavy atom. The third kappa shape index (κ3) is 4.89. The highest BCUT2D eigenvalue weighted by molar-refractivity contribution is 4.89. The smallest absolute Gasteiger partial charge is 0.264 e. The predicted octanol–water partition coefficient (Wildman–Crippen LogP) is 3.97. The maximum Gasteiger partial charge on any atom is 0.264 e. The zero-order valence-electron chi connectivity index (χ0n) is 14.8. The molecule has 130 valence electrons. The summed E-state index contributed by atoms with van der Waals surface area (Å²) in [5, 5.41) is 0. The molecule has 0 aromatic heterocycles. The van der Waals surface area contributed by atoms with E-state index in [-0.39, 0.29) is 6.54 Å². The summed E-state index contributed by atoms with van der Waals surface area (Å²) < 4.78 is 28.9. The van der Waals surface area contributed by atoms with Crippen LogP contribution in [0.3, 0.4) is 0 Å². The van der Waals surface area contributed by atoms with Gasteiger partial charge in [-0.1, -0.05) is 27.7 Å². The molecule has 2 heterocycles. The lowest BCUT2D eigenvalue weighted by atomic mass is 9.85. The molecule has 2 nitrogen and oxygen atoms in total. The van der Waals surface area contributed by atoms with Crippen LogP contribution in [0.4, 0.5) is 8.78 Å². The van der Waals surface area contributed by atoms with Gasteiger partial charge in [-0.05, 0) is 56.7 Å². The molecule has 0 aromatic carbocycles. The fraction of sp³-hybridized carbons (Fsp3) is 1.00. The summed E-state index contributed by atoms with van der Waals surface area (Å²) in [5.41, 5.74) is 0. The van der Waals surface area contributed by atoms with E-state index < -0.39 is 11.8 Å². The molecule has 2 aliphatic rings. The largest absolute Gasteiger partial charge is 0.303 e. The van der Waals surface area contributed by atoms with E-state index >= 15 is 0 Å². The molecule has 0 radical (unpaired) electrons. The van der Waals surface area contributed by atoms with Crippen molar-refractivity contribution in [3.05, 3.63) is 0 Å². The molecule has 2 fully saturated rings. The Morgan fingerprint density at radius 2 is 1.55 bits per heavy atom. The predicted molar refractivity (Wildman–Crippen MR) is 88.3 cm³/mol. The van der Waals surface area contributed by atoms with Gasteiger partial charge >= 0.3 is 0 Å². The third-order valence-corrected chi connectivity index (χ3v) is 5.50. The van der Waals surface area contributed by atoms with Crippen LogP contribution in [0, 0.1) is 23.7 Å². The van der Waals surface area contributed by atoms with Gasteiger partial charge in [0.15, 0.2) is 0 Å². The average Bonchev–Trinajstić information content (AvgIpc) is 2.41. The zero-order valence-corrected chi connectivity index (χ0v) is 14.8. The fourth-order valence-electron chi connectivity index (χ4n) is 4.07. The third-order valence-electron chi connectivity index (χ3n) is 5.50. The van der Waals surface area contributed by atoms with Crippen molar-refractivity contribution in [2.45, 2.75) is 52.9 Å². The van der Waals surface area contributed by atoms with E-state index in [1.807, 2.05) is 4.90 Å². The molecule has 2 aliphatic heterocycles. The average molecular weight is 316 g/mol. The fourth-order valence-corrected chi connectivity index (χ4v) is 4.07. The number of likely N-dealkylation sites (tertiary alicyclic amines) is 2. The number of alkyl halides is 2. The molecule has 0 spiro atoms. The van der Waals surface area contributed by atoms with Crippen molar-refractivity contribution in [1.82, 2.24) is 9.80 Å². The minimum atomic E-state index is -2.53. The summed E-state index contributed by atoms with van der Waals surface area (Å²) in [6.45, 7) is 12.9. The summed E-state index contributed by atoms with van der Waals surface area (Å²) >= 11 is 0. The number of hydrogen-bond donors (Lipinski definition) is 0. The second kappa shape index (κ2) is 7.57. The van der Waals surface area contributed by atoms with Crippen molar-refractivity contribution < 1.29 is 8.78 Å². The van der Waals surface area contributed by atoms with Crippen molar-refractivity contribution in [3.63, 3.8) is 0 Å². The van der Waals surface area contributed by atoms with E-state index in [0.717, 1.165) is 38.0 Å². The van der Waals surface area contributed by atoms with E-state index in [1.54, 1.807) is 0 Å². The normalized spacial score (nSPS) is 28.6. The van der Waals surface area contributed by atoms with Gasteiger partial charge in [0.25, 0.3) is 5.92 Å². The molecule has 2 saturated heterocycles. The quantitative estimate of drug-likeness (QED) is 0.757. The SMILES string of the molecule is CC(C)CN1CCC(CN2CCC(C(C)C)CC2)C(F)(F)C1. The molecular formula is C18H34F2N2. The van der Waals surface area contributed by atoms with E-state index in [0.29, 0.717) is 18.9 Å². The van der Waals surface area contributed by atoms with Gasteiger partial charge in [0.05, 0.1) is 6.54 Å². The Kier molecular flexibility index (Phi) is 6.23. The Balaban J connectivity index is 1.81. The second-order valence-electron chi connectivity index (χ2n) is 8.26. The van der Waals surface area contributed by atoms with Gasteiger partial charge in [-0.15, -0.1) is 0 Å². The van der Waals surface area contributed by atoms with Crippen molar-refractivity contribution in [2.24, 2.45) is 23.7 Å². The highest BCUT2D eigenvalue weighted by Crippen LogP contribution is 2.35. The molecule has 1 atom stereocenters. The summed E-state index contributed by atoms with van der Waals surface area (Å²) in [5.74, 6) is -1.01. The first-order chi connectivity index (χ1) is 10.3. The summed E-state index contributed by atoms with van der Waals surface area (Å²) in [6.07, 6.45) is 2.99. The maximum absolute atomic E-state index is 14.5. The van der Waals surface area contributed by atoms with Gasteiger partial charge in [-0.3, -0.25) is 4.90 Å². The summed E-state index contributed by atoms with van der Waals surface area (Å²) in [4.78, 5) is 4.24. The monoisotopic (exact) mass is 316 g/mol. The second-order valence-corrected chi connectivity index (χ2v) is 8.26. The zero-order chi connectivity index (χ0) is 16.3. The molecule has 0 N–H and O–H groups in total. The van der Waals surface area contributed by atoms with Crippen molar-refractivity contribution in [2.75, 3.05) is 39.3 Å². The number of nitrogens with zero attached hydrogens (tertiary/aromatic N) is 2. The lowest BCUT2D eigenvalue weighted by Gasteiger charge is -2.42. The lowest BCUT2D eigenvalue weighted by molar-refractivity contribution is -0.121. The molecule has 0 bridgehead atoms. The van der Waals surface area contributed by atoms with Crippen LogP contribution in [-0.4, -0.2) is 55.0 Å². The van der Waals surface area contributed by atoms with Crippen LogP contribution in [0.5, 0.6) is 0 Å². The van der Waals surface area contributed by atoms with Gasteiger partial charge in [-0.2, -0.15) is 0 Å². The summed E-state index contributed by atoms with van der Waals surface area (Å²) in [6, 6.07) is 0. The number of halogens is 2. The first kappa shape index (κ1) is 18.1. The Labute approximate surface area is 135 Å².